The zero-order valence-electron chi connectivity index (χ0n) is 15.2. The largest absolute Gasteiger partial charge is 0.489 e. The minimum atomic E-state index is -4.48. The summed E-state index contributed by atoms with van der Waals surface area (Å²) in [5.41, 5.74) is -0.675. The van der Waals surface area contributed by atoms with E-state index in [4.69, 9.17) is 60.4 Å². The zero-order valence-corrected chi connectivity index (χ0v) is 18.2. The molecule has 0 fully saturated rings. The van der Waals surface area contributed by atoms with E-state index in [1.54, 1.807) is 0 Å². The van der Waals surface area contributed by atoms with Gasteiger partial charge in [-0.3, -0.25) is 0 Å². The van der Waals surface area contributed by atoms with Crippen LogP contribution in [0.4, 0.5) is 13.2 Å². The maximum absolute atomic E-state index is 12.9. The quantitative estimate of drug-likeness (QED) is 0.331. The molecule has 0 N–H and O–H groups in total. The molecule has 3 rings (SSSR count). The molecule has 31 heavy (non-hydrogen) atoms. The summed E-state index contributed by atoms with van der Waals surface area (Å²) in [6, 6.07) is 7.51. The standard InChI is InChI=1S/C19H11Cl4F3N2O3/c20-13-7-12(29-5-4-15(22)23)8-14(21)17(13)30-9-16-27-18(28-31-16)10-2-1-3-11(6-10)19(24,25)26/h1-4,6-8H,5,9H2. The molecule has 0 aliphatic carbocycles. The number of alkyl halides is 3. The third kappa shape index (κ3) is 6.43. The van der Waals surface area contributed by atoms with Crippen LogP contribution in [0.15, 0.2) is 51.5 Å². The molecular weight excluding hydrogens is 503 g/mol. The van der Waals surface area contributed by atoms with Crippen molar-refractivity contribution in [3.8, 4) is 22.9 Å². The molecule has 0 atom stereocenters. The molecule has 0 radical (unpaired) electrons. The molecule has 0 bridgehead atoms. The molecule has 12 heteroatoms. The number of halogens is 7. The molecule has 0 saturated heterocycles. The van der Waals surface area contributed by atoms with Gasteiger partial charge in [-0.1, -0.05) is 63.7 Å². The van der Waals surface area contributed by atoms with E-state index in [1.807, 2.05) is 0 Å². The van der Waals surface area contributed by atoms with Gasteiger partial charge < -0.3 is 14.0 Å². The lowest BCUT2D eigenvalue weighted by Crippen LogP contribution is -2.04. The van der Waals surface area contributed by atoms with Crippen LogP contribution in [0.3, 0.4) is 0 Å². The van der Waals surface area contributed by atoms with Gasteiger partial charge in [0.25, 0.3) is 5.89 Å². The highest BCUT2D eigenvalue weighted by Gasteiger charge is 2.30. The van der Waals surface area contributed by atoms with Gasteiger partial charge in [0.1, 0.15) is 16.8 Å². The zero-order chi connectivity index (χ0) is 22.6. The van der Waals surface area contributed by atoms with Gasteiger partial charge in [-0.2, -0.15) is 18.2 Å². The fourth-order valence-corrected chi connectivity index (χ4v) is 3.06. The van der Waals surface area contributed by atoms with E-state index in [1.165, 1.54) is 30.3 Å². The molecule has 0 unspecified atom stereocenters. The number of aromatic nitrogens is 2. The van der Waals surface area contributed by atoms with Gasteiger partial charge in [0, 0.05) is 17.7 Å². The Morgan fingerprint density at radius 2 is 1.77 bits per heavy atom. The second kappa shape index (κ2) is 9.99. The molecule has 1 aromatic heterocycles. The lowest BCUT2D eigenvalue weighted by molar-refractivity contribution is -0.137. The van der Waals surface area contributed by atoms with E-state index in [9.17, 15) is 13.2 Å². The number of ether oxygens (including phenoxy) is 2. The minimum Gasteiger partial charge on any atom is -0.489 e. The summed E-state index contributed by atoms with van der Waals surface area (Å²) >= 11 is 23.4. The monoisotopic (exact) mass is 512 g/mol. The summed E-state index contributed by atoms with van der Waals surface area (Å²) in [6.07, 6.45) is -3.05. The van der Waals surface area contributed by atoms with Crippen molar-refractivity contribution >= 4 is 46.4 Å². The van der Waals surface area contributed by atoms with Crippen LogP contribution >= 0.6 is 46.4 Å². The Morgan fingerprint density at radius 1 is 1.06 bits per heavy atom. The van der Waals surface area contributed by atoms with Crippen LogP contribution in [-0.4, -0.2) is 16.7 Å². The first kappa shape index (κ1) is 23.5. The Morgan fingerprint density at radius 3 is 2.42 bits per heavy atom. The van der Waals surface area contributed by atoms with Gasteiger partial charge in [-0.05, 0) is 18.2 Å². The van der Waals surface area contributed by atoms with Crippen LogP contribution in [0.25, 0.3) is 11.4 Å². The Labute approximate surface area is 194 Å². The highest BCUT2D eigenvalue weighted by atomic mass is 35.5. The van der Waals surface area contributed by atoms with Crippen LogP contribution in [0.5, 0.6) is 11.5 Å². The van der Waals surface area contributed by atoms with Crippen LogP contribution < -0.4 is 9.47 Å². The molecule has 2 aromatic carbocycles. The molecule has 0 saturated carbocycles. The van der Waals surface area contributed by atoms with Crippen molar-refractivity contribution in [2.75, 3.05) is 6.61 Å². The predicted molar refractivity (Wildman–Crippen MR) is 111 cm³/mol. The van der Waals surface area contributed by atoms with E-state index in [2.05, 4.69) is 10.1 Å². The Bertz CT molecular complexity index is 1080. The summed E-state index contributed by atoms with van der Waals surface area (Å²) in [5, 5.41) is 3.99. The first-order chi connectivity index (χ1) is 14.6. The maximum Gasteiger partial charge on any atom is 0.416 e. The predicted octanol–water partition coefficient (Wildman–Crippen LogP) is 7.34. The molecule has 5 nitrogen and oxygen atoms in total. The second-order valence-electron chi connectivity index (χ2n) is 5.90. The van der Waals surface area contributed by atoms with Crippen LogP contribution in [0.2, 0.25) is 10.0 Å². The minimum absolute atomic E-state index is 0.0155. The fraction of sp³-hybridized carbons (Fsp3) is 0.158. The van der Waals surface area contributed by atoms with Crippen LogP contribution in [-0.2, 0) is 12.8 Å². The van der Waals surface area contributed by atoms with Crippen molar-refractivity contribution in [2.45, 2.75) is 12.8 Å². The Balaban J connectivity index is 1.69. The number of rotatable bonds is 7. The molecule has 0 amide bonds. The summed E-state index contributed by atoms with van der Waals surface area (Å²) in [7, 11) is 0. The van der Waals surface area contributed by atoms with Crippen molar-refractivity contribution in [2.24, 2.45) is 0 Å². The highest BCUT2D eigenvalue weighted by molar-refractivity contribution is 6.55. The van der Waals surface area contributed by atoms with E-state index in [-0.39, 0.29) is 50.8 Å². The number of nitrogens with zero attached hydrogens (tertiary/aromatic N) is 2. The highest BCUT2D eigenvalue weighted by Crippen LogP contribution is 2.37. The van der Waals surface area contributed by atoms with E-state index >= 15 is 0 Å². The molecular formula is C19H11Cl4F3N2O3. The molecule has 0 aliphatic heterocycles. The Kier molecular flexibility index (Phi) is 7.59. The summed E-state index contributed by atoms with van der Waals surface area (Å²) in [6.45, 7) is -0.105. The lowest BCUT2D eigenvalue weighted by atomic mass is 10.1. The van der Waals surface area contributed by atoms with Gasteiger partial charge in [0.05, 0.1) is 15.6 Å². The van der Waals surface area contributed by atoms with Gasteiger partial charge in [-0.25, -0.2) is 0 Å². The van der Waals surface area contributed by atoms with E-state index < -0.39 is 11.7 Å². The van der Waals surface area contributed by atoms with Gasteiger partial charge in [-0.15, -0.1) is 0 Å². The Hall–Kier alpha value is -2.13. The lowest BCUT2D eigenvalue weighted by Gasteiger charge is -2.11. The SMILES string of the molecule is FC(F)(F)c1cccc(-c2noc(COc3c(Cl)cc(OCC=C(Cl)Cl)cc3Cl)n2)c1. The normalized spacial score (nSPS) is 11.3. The van der Waals surface area contributed by atoms with Gasteiger partial charge in [0.2, 0.25) is 5.82 Å². The third-order valence-corrected chi connectivity index (χ3v) is 4.59. The van der Waals surface area contributed by atoms with E-state index in [0.29, 0.717) is 5.75 Å². The number of benzene rings is 2. The first-order valence-corrected chi connectivity index (χ1v) is 9.90. The number of hydrogen-bond acceptors (Lipinski definition) is 5. The van der Waals surface area contributed by atoms with Crippen molar-refractivity contribution < 1.29 is 27.2 Å². The van der Waals surface area contributed by atoms with Gasteiger partial charge >= 0.3 is 6.18 Å². The summed E-state index contributed by atoms with van der Waals surface area (Å²) in [4.78, 5) is 4.04. The third-order valence-electron chi connectivity index (χ3n) is 3.72. The van der Waals surface area contributed by atoms with Crippen molar-refractivity contribution in [3.63, 3.8) is 0 Å². The topological polar surface area (TPSA) is 57.4 Å². The second-order valence-corrected chi connectivity index (χ2v) is 7.72. The molecule has 0 aliphatic rings. The van der Waals surface area contributed by atoms with Crippen LogP contribution in [0, 0.1) is 0 Å². The summed E-state index contributed by atoms with van der Waals surface area (Å²) in [5.74, 6) is 0.497. The molecule has 1 heterocycles. The van der Waals surface area contributed by atoms with Crippen LogP contribution in [0.1, 0.15) is 11.5 Å². The maximum atomic E-state index is 12.9. The molecule has 3 aromatic rings. The summed E-state index contributed by atoms with van der Waals surface area (Å²) < 4.78 is 54.6. The van der Waals surface area contributed by atoms with E-state index in [0.717, 1.165) is 12.1 Å². The number of hydrogen-bond donors (Lipinski definition) is 0. The average molecular weight is 514 g/mol. The van der Waals surface area contributed by atoms with Crippen molar-refractivity contribution in [3.05, 3.63) is 68.5 Å². The molecule has 0 spiro atoms. The fourth-order valence-electron chi connectivity index (χ4n) is 2.36. The van der Waals surface area contributed by atoms with Gasteiger partial charge in [0.15, 0.2) is 12.4 Å². The van der Waals surface area contributed by atoms with Crippen molar-refractivity contribution in [1.82, 2.24) is 10.1 Å². The first-order valence-electron chi connectivity index (χ1n) is 8.39. The molecule has 164 valence electrons. The smallest absolute Gasteiger partial charge is 0.416 e. The average Bonchev–Trinajstić information content (AvgIpc) is 3.15. The van der Waals surface area contributed by atoms with Crippen molar-refractivity contribution in [1.29, 1.82) is 0 Å².